The minimum absolute atomic E-state index is 0.136. The molecule has 26 heavy (non-hydrogen) atoms. The summed E-state index contributed by atoms with van der Waals surface area (Å²) in [4.78, 5) is 38.1. The summed E-state index contributed by atoms with van der Waals surface area (Å²) in [5, 5.41) is 12.4. The van der Waals surface area contributed by atoms with Gasteiger partial charge in [-0.15, -0.1) is 0 Å². The van der Waals surface area contributed by atoms with Gasteiger partial charge in [0.25, 0.3) is 0 Å². The number of likely N-dealkylation sites (tertiary alicyclic amines) is 1. The van der Waals surface area contributed by atoms with Crippen LogP contribution >= 0.6 is 0 Å². The van der Waals surface area contributed by atoms with Crippen LogP contribution in [-0.4, -0.2) is 59.8 Å². The molecule has 10 heteroatoms. The first-order valence-corrected chi connectivity index (χ1v) is 8.88. The quantitative estimate of drug-likeness (QED) is 0.158. The Balaban J connectivity index is 2.63. The normalized spacial score (nSPS) is 19.1. The minimum Gasteiger partial charge on any atom is -0.370 e. The smallest absolute Gasteiger partial charge is 0.246 e. The number of carbonyl (C=O) groups excluding carboxylic acids is 3. The SMILES string of the molecule is CC(C)[C@H](NC(=O)[C@@H](N)CCCNC(=N)N)C(=O)N1CCC[C@H]1C(N)=O. The first kappa shape index (κ1) is 21.7. The van der Waals surface area contributed by atoms with Crippen LogP contribution in [0.25, 0.3) is 0 Å². The molecule has 0 radical (unpaired) electrons. The molecule has 0 saturated carbocycles. The van der Waals surface area contributed by atoms with E-state index >= 15 is 0 Å². The standard InChI is InChI=1S/C16H31N7O3/c1-9(2)12(15(26)23-8-4-6-11(23)13(18)24)22-14(25)10(17)5-3-7-21-16(19)20/h9-12H,3-8,17H2,1-2H3,(H2,18,24)(H,22,25)(H4,19,20,21)/t10-,11-,12-/m0/s1. The number of nitrogens with zero attached hydrogens (tertiary/aromatic N) is 1. The number of amides is 3. The molecule has 10 nitrogen and oxygen atoms in total. The van der Waals surface area contributed by atoms with E-state index < -0.39 is 29.9 Å². The fraction of sp³-hybridized carbons (Fsp3) is 0.750. The molecule has 0 unspecified atom stereocenters. The minimum atomic E-state index is -0.775. The molecule has 0 aliphatic carbocycles. The number of nitrogens with one attached hydrogen (secondary N) is 3. The van der Waals surface area contributed by atoms with E-state index in [4.69, 9.17) is 22.6 Å². The van der Waals surface area contributed by atoms with Crippen molar-refractivity contribution in [3.63, 3.8) is 0 Å². The van der Waals surface area contributed by atoms with Gasteiger partial charge in [0.1, 0.15) is 12.1 Å². The van der Waals surface area contributed by atoms with Gasteiger partial charge in [-0.1, -0.05) is 13.8 Å². The van der Waals surface area contributed by atoms with Gasteiger partial charge in [0, 0.05) is 13.1 Å². The summed E-state index contributed by atoms with van der Waals surface area (Å²) >= 11 is 0. The molecule has 0 aromatic heterocycles. The van der Waals surface area contributed by atoms with Gasteiger partial charge in [-0.3, -0.25) is 19.8 Å². The van der Waals surface area contributed by atoms with Gasteiger partial charge in [-0.2, -0.15) is 0 Å². The van der Waals surface area contributed by atoms with Crippen molar-refractivity contribution in [2.24, 2.45) is 23.1 Å². The average Bonchev–Trinajstić information content (AvgIpc) is 3.04. The number of nitrogens with two attached hydrogens (primary N) is 3. The Morgan fingerprint density at radius 3 is 2.46 bits per heavy atom. The summed E-state index contributed by atoms with van der Waals surface area (Å²) in [6.45, 7) is 4.53. The molecule has 1 aliphatic heterocycles. The van der Waals surface area contributed by atoms with Crippen LogP contribution in [0.1, 0.15) is 39.5 Å². The number of hydrogen-bond donors (Lipinski definition) is 6. The third kappa shape index (κ3) is 6.17. The molecule has 3 amide bonds. The molecule has 0 aromatic rings. The molecule has 0 bridgehead atoms. The van der Waals surface area contributed by atoms with Gasteiger partial charge >= 0.3 is 0 Å². The second-order valence-electron chi connectivity index (χ2n) is 6.91. The highest BCUT2D eigenvalue weighted by molar-refractivity contribution is 5.93. The molecule has 3 atom stereocenters. The zero-order valence-electron chi connectivity index (χ0n) is 15.5. The topological polar surface area (TPSA) is 180 Å². The first-order chi connectivity index (χ1) is 12.1. The highest BCUT2D eigenvalue weighted by Gasteiger charge is 2.38. The Morgan fingerprint density at radius 1 is 1.27 bits per heavy atom. The summed E-state index contributed by atoms with van der Waals surface area (Å²) in [6, 6.07) is -2.15. The summed E-state index contributed by atoms with van der Waals surface area (Å²) < 4.78 is 0. The third-order valence-corrected chi connectivity index (χ3v) is 4.44. The fourth-order valence-electron chi connectivity index (χ4n) is 2.95. The zero-order chi connectivity index (χ0) is 19.9. The fourth-order valence-corrected chi connectivity index (χ4v) is 2.95. The van der Waals surface area contributed by atoms with Crippen LogP contribution < -0.4 is 27.8 Å². The lowest BCUT2D eigenvalue weighted by atomic mass is 10.0. The van der Waals surface area contributed by atoms with Crippen LogP contribution in [0.2, 0.25) is 0 Å². The van der Waals surface area contributed by atoms with Crippen LogP contribution in [0.5, 0.6) is 0 Å². The lowest BCUT2D eigenvalue weighted by Crippen LogP contribution is -2.57. The maximum absolute atomic E-state index is 12.8. The molecule has 1 rings (SSSR count). The second-order valence-corrected chi connectivity index (χ2v) is 6.91. The van der Waals surface area contributed by atoms with E-state index in [1.165, 1.54) is 4.90 Å². The molecule has 1 fully saturated rings. The number of guanidine groups is 1. The number of rotatable bonds is 9. The average molecular weight is 369 g/mol. The lowest BCUT2D eigenvalue weighted by Gasteiger charge is -2.30. The molecule has 1 aliphatic rings. The van der Waals surface area contributed by atoms with Crippen LogP contribution in [0, 0.1) is 11.3 Å². The molecule has 0 aromatic carbocycles. The summed E-state index contributed by atoms with van der Waals surface area (Å²) in [6.07, 6.45) is 2.20. The van der Waals surface area contributed by atoms with Crippen molar-refractivity contribution in [2.45, 2.75) is 57.7 Å². The van der Waals surface area contributed by atoms with Gasteiger partial charge in [-0.05, 0) is 31.6 Å². The zero-order valence-corrected chi connectivity index (χ0v) is 15.5. The highest BCUT2D eigenvalue weighted by Crippen LogP contribution is 2.20. The van der Waals surface area contributed by atoms with Crippen molar-refractivity contribution in [1.29, 1.82) is 5.41 Å². The number of hydrogen-bond acceptors (Lipinski definition) is 5. The Labute approximate surface area is 153 Å². The maximum atomic E-state index is 12.8. The maximum Gasteiger partial charge on any atom is 0.246 e. The van der Waals surface area contributed by atoms with Crippen molar-refractivity contribution in [1.82, 2.24) is 15.5 Å². The molecule has 148 valence electrons. The van der Waals surface area contributed by atoms with E-state index in [9.17, 15) is 14.4 Å². The molecule has 9 N–H and O–H groups in total. The van der Waals surface area contributed by atoms with Gasteiger partial charge < -0.3 is 32.7 Å². The number of primary amides is 1. The van der Waals surface area contributed by atoms with Gasteiger partial charge in [0.05, 0.1) is 6.04 Å². The van der Waals surface area contributed by atoms with Crippen LogP contribution in [0.15, 0.2) is 0 Å². The predicted octanol–water partition coefficient (Wildman–Crippen LogP) is -1.81. The van der Waals surface area contributed by atoms with Crippen LogP contribution in [0.4, 0.5) is 0 Å². The van der Waals surface area contributed by atoms with Crippen molar-refractivity contribution >= 4 is 23.7 Å². The third-order valence-electron chi connectivity index (χ3n) is 4.44. The predicted molar refractivity (Wildman–Crippen MR) is 97.8 cm³/mol. The van der Waals surface area contributed by atoms with Crippen molar-refractivity contribution in [3.05, 3.63) is 0 Å². The van der Waals surface area contributed by atoms with Gasteiger partial charge in [0.2, 0.25) is 17.7 Å². The Bertz CT molecular complexity index is 538. The lowest BCUT2D eigenvalue weighted by molar-refractivity contribution is -0.141. The summed E-state index contributed by atoms with van der Waals surface area (Å²) in [5.74, 6) is -1.55. The highest BCUT2D eigenvalue weighted by atomic mass is 16.2. The summed E-state index contributed by atoms with van der Waals surface area (Å²) in [7, 11) is 0. The second kappa shape index (κ2) is 9.95. The molecule has 1 saturated heterocycles. The van der Waals surface area contributed by atoms with Gasteiger partial charge in [-0.25, -0.2) is 0 Å². The van der Waals surface area contributed by atoms with Crippen molar-refractivity contribution in [2.75, 3.05) is 13.1 Å². The van der Waals surface area contributed by atoms with Gasteiger partial charge in [0.15, 0.2) is 5.96 Å². The Kier molecular flexibility index (Phi) is 8.30. The van der Waals surface area contributed by atoms with E-state index in [1.54, 1.807) is 0 Å². The molecule has 0 spiro atoms. The van der Waals surface area contributed by atoms with E-state index in [1.807, 2.05) is 13.8 Å². The Morgan fingerprint density at radius 2 is 1.92 bits per heavy atom. The molecule has 1 heterocycles. The first-order valence-electron chi connectivity index (χ1n) is 8.88. The van der Waals surface area contributed by atoms with E-state index in [0.717, 1.165) is 0 Å². The Hall–Kier alpha value is -2.36. The van der Waals surface area contributed by atoms with Crippen LogP contribution in [-0.2, 0) is 14.4 Å². The van der Waals surface area contributed by atoms with E-state index in [-0.39, 0.29) is 17.8 Å². The van der Waals surface area contributed by atoms with Crippen LogP contribution in [0.3, 0.4) is 0 Å². The molecular formula is C16H31N7O3. The summed E-state index contributed by atoms with van der Waals surface area (Å²) in [5.41, 5.74) is 16.4. The van der Waals surface area contributed by atoms with E-state index in [0.29, 0.717) is 38.8 Å². The monoisotopic (exact) mass is 369 g/mol. The molecular weight excluding hydrogens is 338 g/mol. The van der Waals surface area contributed by atoms with Crippen molar-refractivity contribution in [3.8, 4) is 0 Å². The van der Waals surface area contributed by atoms with E-state index in [2.05, 4.69) is 10.6 Å². The largest absolute Gasteiger partial charge is 0.370 e. The van der Waals surface area contributed by atoms with Crippen molar-refractivity contribution < 1.29 is 14.4 Å². The number of carbonyl (C=O) groups is 3.